The van der Waals surface area contributed by atoms with Crippen LogP contribution in [0.1, 0.15) is 174 Å². The lowest BCUT2D eigenvalue weighted by atomic mass is 9.91. The van der Waals surface area contributed by atoms with Crippen LogP contribution in [0.15, 0.2) is 30.3 Å². The summed E-state index contributed by atoms with van der Waals surface area (Å²) >= 11 is 0. The van der Waals surface area contributed by atoms with Gasteiger partial charge < -0.3 is 4.74 Å². The van der Waals surface area contributed by atoms with Crippen LogP contribution in [0.5, 0.6) is 5.75 Å². The Morgan fingerprint density at radius 1 is 0.541 bits per heavy atom. The van der Waals surface area contributed by atoms with E-state index in [1.807, 2.05) is 30.3 Å². The summed E-state index contributed by atoms with van der Waals surface area (Å²) in [6.07, 6.45) is 33.2. The lowest BCUT2D eigenvalue weighted by Crippen LogP contribution is -2.14. The fourth-order valence-corrected chi connectivity index (χ4v) is 5.44. The third-order valence-corrected chi connectivity index (χ3v) is 7.86. The van der Waals surface area contributed by atoms with Gasteiger partial charge >= 0.3 is 5.97 Å². The zero-order valence-corrected chi connectivity index (χ0v) is 25.0. The number of ether oxygens (including phenoxy) is 1. The summed E-state index contributed by atoms with van der Waals surface area (Å²) < 4.78 is 5.62. The topological polar surface area (TPSA) is 26.3 Å². The van der Waals surface area contributed by atoms with E-state index in [1.165, 1.54) is 154 Å². The van der Waals surface area contributed by atoms with Gasteiger partial charge in [-0.05, 0) is 30.9 Å². The fourth-order valence-electron chi connectivity index (χ4n) is 5.44. The quantitative estimate of drug-likeness (QED) is 0.0662. The normalized spacial score (nSPS) is 12.1. The molecular weight excluding hydrogens is 452 g/mol. The van der Waals surface area contributed by atoms with Gasteiger partial charge in [-0.2, -0.15) is 0 Å². The Hall–Kier alpha value is -1.31. The Kier molecular flexibility index (Phi) is 24.0. The van der Waals surface area contributed by atoms with E-state index in [9.17, 15) is 4.79 Å². The number of unbranched alkanes of at least 4 members (excludes halogenated alkanes) is 20. The summed E-state index contributed by atoms with van der Waals surface area (Å²) in [6.45, 7) is 4.57. The molecule has 0 spiro atoms. The maximum absolute atomic E-state index is 12.6. The van der Waals surface area contributed by atoms with E-state index in [0.29, 0.717) is 18.1 Å². The lowest BCUT2D eigenvalue weighted by Gasteiger charge is -2.16. The molecule has 0 fully saturated rings. The molecule has 37 heavy (non-hydrogen) atoms. The minimum Gasteiger partial charge on any atom is -0.427 e. The van der Waals surface area contributed by atoms with Gasteiger partial charge in [-0.3, -0.25) is 4.79 Å². The zero-order valence-electron chi connectivity index (χ0n) is 25.0. The predicted molar refractivity (Wildman–Crippen MR) is 162 cm³/mol. The second kappa shape index (κ2) is 26.3. The van der Waals surface area contributed by atoms with Gasteiger partial charge in [-0.15, -0.1) is 0 Å². The molecule has 0 bridgehead atoms. The van der Waals surface area contributed by atoms with Gasteiger partial charge in [0.15, 0.2) is 0 Å². The van der Waals surface area contributed by atoms with Crippen molar-refractivity contribution in [1.29, 1.82) is 0 Å². The Morgan fingerprint density at radius 3 is 1.27 bits per heavy atom. The van der Waals surface area contributed by atoms with Crippen molar-refractivity contribution in [1.82, 2.24) is 0 Å². The molecule has 1 aromatic rings. The molecule has 0 saturated heterocycles. The first-order chi connectivity index (χ1) is 18.3. The van der Waals surface area contributed by atoms with Gasteiger partial charge in [-0.1, -0.05) is 173 Å². The molecular formula is C35H62O2. The molecule has 0 amide bonds. The maximum Gasteiger partial charge on any atom is 0.311 e. The average Bonchev–Trinajstić information content (AvgIpc) is 2.90. The van der Waals surface area contributed by atoms with E-state index >= 15 is 0 Å². The van der Waals surface area contributed by atoms with Crippen LogP contribution in [-0.4, -0.2) is 5.97 Å². The third-order valence-electron chi connectivity index (χ3n) is 7.86. The molecule has 1 rings (SSSR count). The van der Waals surface area contributed by atoms with E-state index in [2.05, 4.69) is 13.8 Å². The number of rotatable bonds is 27. The summed E-state index contributed by atoms with van der Waals surface area (Å²) in [5.41, 5.74) is 0. The molecule has 0 radical (unpaired) electrons. The van der Waals surface area contributed by atoms with Crippen LogP contribution < -0.4 is 4.74 Å². The Morgan fingerprint density at radius 2 is 0.892 bits per heavy atom. The molecule has 0 heterocycles. The van der Waals surface area contributed by atoms with Gasteiger partial charge in [0.1, 0.15) is 5.75 Å². The van der Waals surface area contributed by atoms with Crippen LogP contribution in [0.25, 0.3) is 0 Å². The number of para-hydroxylation sites is 1. The van der Waals surface area contributed by atoms with Crippen molar-refractivity contribution in [3.05, 3.63) is 30.3 Å². The van der Waals surface area contributed by atoms with E-state index in [4.69, 9.17) is 4.74 Å². The van der Waals surface area contributed by atoms with Crippen molar-refractivity contribution < 1.29 is 9.53 Å². The first-order valence-electron chi connectivity index (χ1n) is 16.5. The van der Waals surface area contributed by atoms with Gasteiger partial charge in [0.25, 0.3) is 0 Å². The summed E-state index contributed by atoms with van der Waals surface area (Å²) in [5, 5.41) is 0. The van der Waals surface area contributed by atoms with Crippen molar-refractivity contribution in [2.24, 2.45) is 5.92 Å². The highest BCUT2D eigenvalue weighted by Gasteiger charge is 2.15. The predicted octanol–water partition coefficient (Wildman–Crippen LogP) is 12.0. The van der Waals surface area contributed by atoms with Crippen LogP contribution in [0.3, 0.4) is 0 Å². The monoisotopic (exact) mass is 514 g/mol. The van der Waals surface area contributed by atoms with Crippen molar-refractivity contribution in [3.8, 4) is 5.75 Å². The smallest absolute Gasteiger partial charge is 0.311 e. The molecule has 214 valence electrons. The number of carbonyl (C=O) groups excluding carboxylic acids is 1. The van der Waals surface area contributed by atoms with Gasteiger partial charge in [0.2, 0.25) is 0 Å². The minimum absolute atomic E-state index is 0.0535. The standard InChI is InChI=1S/C35H62O2/c1-3-5-7-9-11-13-15-16-18-20-22-25-29-33(32-35(36)37-34-30-26-23-27-31-34)28-24-21-19-17-14-12-10-8-6-4-2/h23,26-27,30-31,33H,3-22,24-25,28-29,32H2,1-2H3. The second-order valence-electron chi connectivity index (χ2n) is 11.5. The first-order valence-corrected chi connectivity index (χ1v) is 16.5. The molecule has 0 aliphatic rings. The summed E-state index contributed by atoms with van der Waals surface area (Å²) in [4.78, 5) is 12.6. The average molecular weight is 515 g/mol. The summed E-state index contributed by atoms with van der Waals surface area (Å²) in [7, 11) is 0. The SMILES string of the molecule is CCCCCCCCCCCCCCC(CCCCCCCCCCCC)CC(=O)Oc1ccccc1. The molecule has 1 atom stereocenters. The molecule has 0 aliphatic carbocycles. The Bertz CT molecular complexity index is 597. The number of hydrogen-bond acceptors (Lipinski definition) is 2. The molecule has 1 unspecified atom stereocenters. The van der Waals surface area contributed by atoms with E-state index in [-0.39, 0.29) is 5.97 Å². The molecule has 0 aromatic heterocycles. The molecule has 2 nitrogen and oxygen atoms in total. The van der Waals surface area contributed by atoms with Gasteiger partial charge in [0, 0.05) is 6.42 Å². The Labute approximate surface area is 231 Å². The fraction of sp³-hybridized carbons (Fsp3) is 0.800. The highest BCUT2D eigenvalue weighted by Crippen LogP contribution is 2.24. The largest absolute Gasteiger partial charge is 0.427 e. The summed E-state index contributed by atoms with van der Waals surface area (Å²) in [6, 6.07) is 9.56. The first kappa shape index (κ1) is 33.7. The van der Waals surface area contributed by atoms with Crippen molar-refractivity contribution in [2.45, 2.75) is 174 Å². The van der Waals surface area contributed by atoms with Crippen LogP contribution >= 0.6 is 0 Å². The van der Waals surface area contributed by atoms with E-state index in [0.717, 1.165) is 0 Å². The molecule has 2 heteroatoms. The number of hydrogen-bond donors (Lipinski definition) is 0. The highest BCUT2D eigenvalue weighted by atomic mass is 16.5. The number of carbonyl (C=O) groups is 1. The summed E-state index contributed by atoms with van der Waals surface area (Å²) in [5.74, 6) is 1.10. The van der Waals surface area contributed by atoms with Crippen molar-refractivity contribution in [2.75, 3.05) is 0 Å². The highest BCUT2D eigenvalue weighted by molar-refractivity contribution is 5.72. The van der Waals surface area contributed by atoms with E-state index < -0.39 is 0 Å². The lowest BCUT2D eigenvalue weighted by molar-refractivity contribution is -0.135. The molecule has 0 saturated carbocycles. The second-order valence-corrected chi connectivity index (χ2v) is 11.5. The van der Waals surface area contributed by atoms with Crippen LogP contribution in [0.4, 0.5) is 0 Å². The molecule has 1 aromatic carbocycles. The third kappa shape index (κ3) is 22.4. The van der Waals surface area contributed by atoms with Crippen LogP contribution in [-0.2, 0) is 4.79 Å². The number of esters is 1. The van der Waals surface area contributed by atoms with Crippen LogP contribution in [0.2, 0.25) is 0 Å². The van der Waals surface area contributed by atoms with Crippen LogP contribution in [0, 0.1) is 5.92 Å². The van der Waals surface area contributed by atoms with Crippen molar-refractivity contribution in [3.63, 3.8) is 0 Å². The van der Waals surface area contributed by atoms with Gasteiger partial charge in [0.05, 0.1) is 0 Å². The van der Waals surface area contributed by atoms with Gasteiger partial charge in [-0.25, -0.2) is 0 Å². The Balaban J connectivity index is 2.19. The molecule has 0 N–H and O–H groups in total. The van der Waals surface area contributed by atoms with E-state index in [1.54, 1.807) is 0 Å². The molecule has 0 aliphatic heterocycles. The zero-order chi connectivity index (χ0) is 26.7. The number of benzene rings is 1. The van der Waals surface area contributed by atoms with Crippen molar-refractivity contribution >= 4 is 5.97 Å². The minimum atomic E-state index is -0.0535. The maximum atomic E-state index is 12.6.